The van der Waals surface area contributed by atoms with E-state index in [-0.39, 0.29) is 36.5 Å². The average molecular weight is 596 g/mol. The molecule has 0 bridgehead atoms. The first-order valence-electron chi connectivity index (χ1n) is 12.6. The zero-order valence-corrected chi connectivity index (χ0v) is 24.1. The molecule has 1 aliphatic rings. The van der Waals surface area contributed by atoms with Gasteiger partial charge in [0.15, 0.2) is 0 Å². The predicted molar refractivity (Wildman–Crippen MR) is 150 cm³/mol. The van der Waals surface area contributed by atoms with Crippen LogP contribution in [0.3, 0.4) is 0 Å². The van der Waals surface area contributed by atoms with Crippen molar-refractivity contribution in [3.8, 4) is 0 Å². The van der Waals surface area contributed by atoms with Crippen LogP contribution in [0.1, 0.15) is 21.6 Å². The highest BCUT2D eigenvalue weighted by molar-refractivity contribution is 7.90. The molecule has 0 radical (unpaired) electrons. The summed E-state index contributed by atoms with van der Waals surface area (Å²) in [5.41, 5.74) is 1.53. The Morgan fingerprint density at radius 3 is 2.59 bits per heavy atom. The molecule has 4 rings (SSSR count). The van der Waals surface area contributed by atoms with Crippen LogP contribution < -0.4 is 0 Å². The van der Waals surface area contributed by atoms with E-state index in [1.807, 2.05) is 0 Å². The minimum atomic E-state index is -3.85. The monoisotopic (exact) mass is 594 g/mol. The largest absolute Gasteiger partial charge is 0.383 e. The maximum absolute atomic E-state index is 13.6. The summed E-state index contributed by atoms with van der Waals surface area (Å²) in [6.45, 7) is 4.65. The lowest BCUT2D eigenvalue weighted by Gasteiger charge is -2.30. The van der Waals surface area contributed by atoms with Crippen LogP contribution in [0, 0.1) is 0 Å². The number of morpholine rings is 1. The molecule has 2 aromatic carbocycles. The number of carbonyl (C=O) groups excluding carboxylic acids is 1. The van der Waals surface area contributed by atoms with E-state index in [1.54, 1.807) is 65.1 Å². The molecule has 1 amide bonds. The topological polar surface area (TPSA) is 94.0 Å². The van der Waals surface area contributed by atoms with Gasteiger partial charge in [-0.15, -0.1) is 0 Å². The zero-order chi connectivity index (χ0) is 27.8. The number of hydrogen-bond donors (Lipinski definition) is 0. The fourth-order valence-electron chi connectivity index (χ4n) is 4.41. The molecule has 0 N–H and O–H groups in total. The summed E-state index contributed by atoms with van der Waals surface area (Å²) in [6, 6.07) is 13.6. The number of ether oxygens (including phenoxy) is 2. The van der Waals surface area contributed by atoms with Crippen LogP contribution in [0.5, 0.6) is 0 Å². The molecular formula is C27H32Cl2N4O5S. The molecule has 0 atom stereocenters. The van der Waals surface area contributed by atoms with Gasteiger partial charge in [-0.05, 0) is 29.8 Å². The molecule has 1 aromatic heterocycles. The van der Waals surface area contributed by atoms with Gasteiger partial charge < -0.3 is 18.9 Å². The molecule has 0 spiro atoms. The smallest absolute Gasteiger partial charge is 0.254 e. The SMILES string of the molecule is COCCn1c(CN(CCN2CCOCC2)C(=O)c2cccc(Cl)c2)cnc1S(=O)(=O)Cc1ccccc1Cl. The number of rotatable bonds is 12. The maximum atomic E-state index is 13.6. The number of amides is 1. The summed E-state index contributed by atoms with van der Waals surface area (Å²) in [7, 11) is -2.30. The highest BCUT2D eigenvalue weighted by Gasteiger charge is 2.27. The van der Waals surface area contributed by atoms with E-state index in [4.69, 9.17) is 32.7 Å². The van der Waals surface area contributed by atoms with Gasteiger partial charge in [-0.3, -0.25) is 9.69 Å². The first-order chi connectivity index (χ1) is 18.8. The van der Waals surface area contributed by atoms with Crippen molar-refractivity contribution in [1.82, 2.24) is 19.4 Å². The lowest BCUT2D eigenvalue weighted by molar-refractivity contribution is 0.0319. The van der Waals surface area contributed by atoms with Crippen molar-refractivity contribution in [3.63, 3.8) is 0 Å². The lowest BCUT2D eigenvalue weighted by Crippen LogP contribution is -2.43. The standard InChI is InChI=1S/C27H32Cl2N4O5S/c1-37-14-13-33-24(18-30-27(33)39(35,36)20-22-5-2-3-8-25(22)29)19-32(10-9-31-11-15-38-16-12-31)26(34)21-6-4-7-23(28)17-21/h2-8,17-18H,9-16,19-20H2,1H3. The van der Waals surface area contributed by atoms with Crippen LogP contribution in [0.15, 0.2) is 59.9 Å². The van der Waals surface area contributed by atoms with Crippen molar-refractivity contribution in [2.24, 2.45) is 0 Å². The summed E-state index contributed by atoms with van der Waals surface area (Å²) in [6.07, 6.45) is 1.52. The number of halogens is 2. The zero-order valence-electron chi connectivity index (χ0n) is 21.8. The van der Waals surface area contributed by atoms with E-state index >= 15 is 0 Å². The summed E-state index contributed by atoms with van der Waals surface area (Å²) >= 11 is 12.4. The van der Waals surface area contributed by atoms with Gasteiger partial charge in [0.05, 0.1) is 44.0 Å². The molecule has 9 nitrogen and oxygen atoms in total. The number of aromatic nitrogens is 2. The number of benzene rings is 2. The van der Waals surface area contributed by atoms with Crippen LogP contribution in [0.4, 0.5) is 0 Å². The van der Waals surface area contributed by atoms with Gasteiger partial charge in [-0.2, -0.15) is 0 Å². The minimum Gasteiger partial charge on any atom is -0.383 e. The van der Waals surface area contributed by atoms with Gasteiger partial charge >= 0.3 is 0 Å². The first-order valence-corrected chi connectivity index (χ1v) is 15.0. The molecule has 0 aliphatic carbocycles. The highest BCUT2D eigenvalue weighted by Crippen LogP contribution is 2.23. The Balaban J connectivity index is 1.63. The Morgan fingerprint density at radius 2 is 1.87 bits per heavy atom. The third-order valence-electron chi connectivity index (χ3n) is 6.50. The van der Waals surface area contributed by atoms with Gasteiger partial charge in [-0.25, -0.2) is 13.4 Å². The molecule has 1 saturated heterocycles. The first kappa shape index (κ1) is 29.5. The summed E-state index contributed by atoms with van der Waals surface area (Å²) < 4.78 is 39.2. The number of methoxy groups -OCH3 is 1. The second kappa shape index (κ2) is 13.7. The second-order valence-corrected chi connectivity index (χ2v) is 11.9. The van der Waals surface area contributed by atoms with Gasteiger partial charge in [0, 0.05) is 55.4 Å². The molecule has 0 unspecified atom stereocenters. The molecule has 12 heteroatoms. The van der Waals surface area contributed by atoms with Gasteiger partial charge in [0.1, 0.15) is 0 Å². The van der Waals surface area contributed by atoms with Crippen molar-refractivity contribution in [2.75, 3.05) is 53.1 Å². The number of hydrogen-bond acceptors (Lipinski definition) is 7. The van der Waals surface area contributed by atoms with E-state index in [0.29, 0.717) is 53.2 Å². The molecule has 1 aliphatic heterocycles. The van der Waals surface area contributed by atoms with E-state index in [1.165, 1.54) is 6.20 Å². The van der Waals surface area contributed by atoms with Crippen LogP contribution in [0.2, 0.25) is 10.0 Å². The Kier molecular flexibility index (Phi) is 10.4. The van der Waals surface area contributed by atoms with Crippen molar-refractivity contribution in [1.29, 1.82) is 0 Å². The highest BCUT2D eigenvalue weighted by atomic mass is 35.5. The number of sulfone groups is 1. The molecular weight excluding hydrogens is 563 g/mol. The van der Waals surface area contributed by atoms with Gasteiger partial charge in [0.2, 0.25) is 15.0 Å². The minimum absolute atomic E-state index is 0.0854. The van der Waals surface area contributed by atoms with Gasteiger partial charge in [-0.1, -0.05) is 47.5 Å². The molecule has 39 heavy (non-hydrogen) atoms. The quantitative estimate of drug-likeness (QED) is 0.315. The average Bonchev–Trinajstić information content (AvgIpc) is 3.34. The van der Waals surface area contributed by atoms with E-state index in [9.17, 15) is 13.2 Å². The lowest BCUT2D eigenvalue weighted by atomic mass is 10.2. The van der Waals surface area contributed by atoms with Crippen molar-refractivity contribution >= 4 is 38.9 Å². The third-order valence-corrected chi connectivity index (χ3v) is 8.68. The van der Waals surface area contributed by atoms with Crippen molar-refractivity contribution in [2.45, 2.75) is 24.0 Å². The van der Waals surface area contributed by atoms with Crippen LogP contribution in [0.25, 0.3) is 0 Å². The summed E-state index contributed by atoms with van der Waals surface area (Å²) in [5, 5.41) is 0.752. The predicted octanol–water partition coefficient (Wildman–Crippen LogP) is 3.78. The van der Waals surface area contributed by atoms with Crippen LogP contribution in [-0.4, -0.2) is 86.8 Å². The molecule has 1 fully saturated rings. The normalized spacial score (nSPS) is 14.4. The van der Waals surface area contributed by atoms with Crippen LogP contribution >= 0.6 is 23.2 Å². The summed E-state index contributed by atoms with van der Waals surface area (Å²) in [5.74, 6) is -0.496. The van der Waals surface area contributed by atoms with Crippen molar-refractivity contribution in [3.05, 3.63) is 81.6 Å². The molecule has 0 saturated carbocycles. The number of imidazole rings is 1. The number of carbonyl (C=O) groups is 1. The summed E-state index contributed by atoms with van der Waals surface area (Å²) in [4.78, 5) is 21.9. The van der Waals surface area contributed by atoms with E-state index in [2.05, 4.69) is 9.88 Å². The van der Waals surface area contributed by atoms with E-state index in [0.717, 1.165) is 13.1 Å². The Hall–Kier alpha value is -2.47. The fraction of sp³-hybridized carbons (Fsp3) is 0.407. The Morgan fingerprint density at radius 1 is 1.10 bits per heavy atom. The maximum Gasteiger partial charge on any atom is 0.254 e. The second-order valence-electron chi connectivity index (χ2n) is 9.22. The molecule has 210 valence electrons. The number of nitrogens with zero attached hydrogens (tertiary/aromatic N) is 4. The van der Waals surface area contributed by atoms with Gasteiger partial charge in [0.25, 0.3) is 5.91 Å². The Labute approximate surface area is 239 Å². The van der Waals surface area contributed by atoms with Crippen LogP contribution in [-0.2, 0) is 38.2 Å². The van der Waals surface area contributed by atoms with E-state index < -0.39 is 9.84 Å². The molecule has 2 heterocycles. The Bertz CT molecular complexity index is 1380. The molecule has 3 aromatic rings. The third kappa shape index (κ3) is 7.81. The van der Waals surface area contributed by atoms with Crippen molar-refractivity contribution < 1.29 is 22.7 Å². The fourth-order valence-corrected chi connectivity index (χ4v) is 6.43.